The molecule has 0 spiro atoms. The maximum Gasteiger partial charge on any atom is 0.333 e. The van der Waals surface area contributed by atoms with Gasteiger partial charge in [-0.2, -0.15) is 10.1 Å². The van der Waals surface area contributed by atoms with Crippen molar-refractivity contribution in [2.24, 2.45) is 0 Å². The second-order valence-electron chi connectivity index (χ2n) is 7.02. The lowest BCUT2D eigenvalue weighted by atomic mass is 10.0. The summed E-state index contributed by atoms with van der Waals surface area (Å²) >= 11 is 0. The Kier molecular flexibility index (Phi) is 8.95. The molecule has 2 atom stereocenters. The largest absolute Gasteiger partial charge is 0.508 e. The van der Waals surface area contributed by atoms with Crippen molar-refractivity contribution in [3.63, 3.8) is 0 Å². The first-order valence-electron chi connectivity index (χ1n) is 9.97. The molecule has 0 aliphatic carbocycles. The third-order valence-electron chi connectivity index (χ3n) is 4.84. The Bertz CT molecular complexity index is 784. The first kappa shape index (κ1) is 24.3. The second kappa shape index (κ2) is 11.4. The molecule has 4 N–H and O–H groups in total. The lowest BCUT2D eigenvalue weighted by Gasteiger charge is -2.26. The number of phenolic OH excluding ortho intramolecular Hbond substituents is 2. The van der Waals surface area contributed by atoms with Crippen LogP contribution >= 0.6 is 0 Å². The summed E-state index contributed by atoms with van der Waals surface area (Å²) in [6, 6.07) is 9.90. The van der Waals surface area contributed by atoms with Crippen LogP contribution in [0.1, 0.15) is 25.0 Å². The molecule has 0 saturated carbocycles. The van der Waals surface area contributed by atoms with Crippen LogP contribution in [0.25, 0.3) is 0 Å². The lowest BCUT2D eigenvalue weighted by molar-refractivity contribution is -0.190. The van der Waals surface area contributed by atoms with Crippen molar-refractivity contribution in [1.82, 2.24) is 10.1 Å². The minimum absolute atomic E-state index is 0.0516. The van der Waals surface area contributed by atoms with Gasteiger partial charge in [0.1, 0.15) is 23.6 Å². The topological polar surface area (TPSA) is 131 Å². The normalized spacial score (nSPS) is 13.2. The zero-order valence-electron chi connectivity index (χ0n) is 17.5. The molecule has 0 fully saturated rings. The molecule has 0 saturated heterocycles. The van der Waals surface area contributed by atoms with Gasteiger partial charge in [-0.05, 0) is 35.4 Å². The van der Waals surface area contributed by atoms with Gasteiger partial charge >= 0.3 is 11.9 Å². The van der Waals surface area contributed by atoms with Crippen molar-refractivity contribution in [2.75, 3.05) is 13.1 Å². The highest BCUT2D eigenvalue weighted by Crippen LogP contribution is 2.17. The molecule has 31 heavy (non-hydrogen) atoms. The fraction of sp³-hybridized carbons (Fsp3) is 0.364. The maximum absolute atomic E-state index is 12.7. The third kappa shape index (κ3) is 7.04. The van der Waals surface area contributed by atoms with Crippen molar-refractivity contribution < 1.29 is 35.0 Å². The highest BCUT2D eigenvalue weighted by Gasteiger charge is 2.33. The van der Waals surface area contributed by atoms with Crippen LogP contribution in [0.2, 0.25) is 0 Å². The van der Waals surface area contributed by atoms with Crippen molar-refractivity contribution in [3.8, 4) is 11.5 Å². The predicted molar refractivity (Wildman–Crippen MR) is 111 cm³/mol. The Morgan fingerprint density at radius 2 is 1.06 bits per heavy atom. The molecule has 0 aliphatic heterocycles. The van der Waals surface area contributed by atoms with E-state index in [9.17, 15) is 30.2 Å². The average molecular weight is 432 g/mol. The minimum atomic E-state index is -1.15. The van der Waals surface area contributed by atoms with Gasteiger partial charge in [-0.15, -0.1) is 0 Å². The quantitative estimate of drug-likeness (QED) is 0.253. The molecule has 0 amide bonds. The minimum Gasteiger partial charge on any atom is -0.508 e. The lowest BCUT2D eigenvalue weighted by Crippen LogP contribution is -2.47. The van der Waals surface area contributed by atoms with Gasteiger partial charge in [0.05, 0.1) is 0 Å². The highest BCUT2D eigenvalue weighted by molar-refractivity contribution is 5.91. The molecular formula is C22H28N2O7. The molecule has 0 radical (unpaired) electrons. The van der Waals surface area contributed by atoms with E-state index in [-0.39, 0.29) is 37.4 Å². The molecule has 2 aromatic rings. The molecule has 2 rings (SSSR count). The number of likely N-dealkylation sites (N-methyl/N-ethyl adjacent to an activating group) is 2. The molecule has 168 valence electrons. The van der Waals surface area contributed by atoms with Gasteiger partial charge < -0.3 is 25.4 Å². The van der Waals surface area contributed by atoms with Gasteiger partial charge in [0.15, 0.2) is 0 Å². The first-order valence-corrected chi connectivity index (χ1v) is 9.97. The van der Waals surface area contributed by atoms with Crippen LogP contribution in [0.15, 0.2) is 48.5 Å². The number of hydrogen-bond donors (Lipinski definition) is 4. The molecule has 0 aliphatic rings. The number of aromatic hydroxyl groups is 2. The van der Waals surface area contributed by atoms with Crippen LogP contribution < -0.4 is 0 Å². The number of carbonyl (C=O) groups excluding carboxylic acids is 2. The smallest absolute Gasteiger partial charge is 0.333 e. The molecule has 0 aromatic heterocycles. The number of phenols is 2. The number of hydrogen-bond acceptors (Lipinski definition) is 9. The van der Waals surface area contributed by atoms with E-state index in [1.165, 1.54) is 24.3 Å². The SMILES string of the molecule is CCN(O)[C@@H](Cc1ccc(O)cc1)C(=O)OC(=O)[C@H](Cc1ccc(O)cc1)N(O)CC. The van der Waals surface area contributed by atoms with Crippen LogP contribution in [0.3, 0.4) is 0 Å². The maximum atomic E-state index is 12.7. The standard InChI is InChI=1S/C22H28N2O7/c1-3-23(29)19(13-15-5-9-17(25)10-6-15)21(27)31-22(28)20(24(30)4-2)14-16-7-11-18(26)12-8-16/h5-12,19-20,25-26,29-30H,3-4,13-14H2,1-2H3/t19-,20-/m0/s1. The highest BCUT2D eigenvalue weighted by atomic mass is 16.6. The van der Waals surface area contributed by atoms with E-state index in [1.807, 2.05) is 0 Å². The van der Waals surface area contributed by atoms with Gasteiger partial charge in [-0.25, -0.2) is 9.59 Å². The number of esters is 2. The number of nitrogens with zero attached hydrogens (tertiary/aromatic N) is 2. The van der Waals surface area contributed by atoms with E-state index < -0.39 is 24.0 Å². The van der Waals surface area contributed by atoms with Crippen molar-refractivity contribution >= 4 is 11.9 Å². The van der Waals surface area contributed by atoms with Crippen molar-refractivity contribution in [2.45, 2.75) is 38.8 Å². The third-order valence-corrected chi connectivity index (χ3v) is 4.84. The summed E-state index contributed by atoms with van der Waals surface area (Å²) in [6.45, 7) is 3.51. The second-order valence-corrected chi connectivity index (χ2v) is 7.02. The Hall–Kier alpha value is -2.98. The zero-order chi connectivity index (χ0) is 23.0. The van der Waals surface area contributed by atoms with Crippen LogP contribution in [0.5, 0.6) is 11.5 Å². The molecule has 0 unspecified atom stereocenters. The summed E-state index contributed by atoms with van der Waals surface area (Å²) in [5.41, 5.74) is 1.30. The number of hydroxylamine groups is 4. The monoisotopic (exact) mass is 432 g/mol. The van der Waals surface area contributed by atoms with E-state index in [2.05, 4.69) is 0 Å². The molecule has 2 aromatic carbocycles. The van der Waals surface area contributed by atoms with Crippen LogP contribution in [-0.4, -0.2) is 67.9 Å². The van der Waals surface area contributed by atoms with Gasteiger partial charge in [0, 0.05) is 25.9 Å². The summed E-state index contributed by atoms with van der Waals surface area (Å²) in [7, 11) is 0. The van der Waals surface area contributed by atoms with E-state index in [0.29, 0.717) is 11.1 Å². The van der Waals surface area contributed by atoms with Gasteiger partial charge in [-0.3, -0.25) is 0 Å². The van der Waals surface area contributed by atoms with Gasteiger partial charge in [0.2, 0.25) is 0 Å². The van der Waals surface area contributed by atoms with Gasteiger partial charge in [-0.1, -0.05) is 38.1 Å². The molecule has 9 heteroatoms. The van der Waals surface area contributed by atoms with E-state index in [0.717, 1.165) is 10.1 Å². The number of benzene rings is 2. The Morgan fingerprint density at radius 3 is 1.35 bits per heavy atom. The Labute approximate surface area is 180 Å². The summed E-state index contributed by atoms with van der Waals surface area (Å²) in [6.07, 6.45) is 0.103. The van der Waals surface area contributed by atoms with Crippen LogP contribution in [0, 0.1) is 0 Å². The van der Waals surface area contributed by atoms with Crippen LogP contribution in [0.4, 0.5) is 0 Å². The summed E-state index contributed by atoms with van der Waals surface area (Å²) < 4.78 is 5.03. The average Bonchev–Trinajstić information content (AvgIpc) is 2.77. The van der Waals surface area contributed by atoms with E-state index in [4.69, 9.17) is 4.74 Å². The first-order chi connectivity index (χ1) is 14.7. The van der Waals surface area contributed by atoms with Crippen LogP contribution in [-0.2, 0) is 27.2 Å². The van der Waals surface area contributed by atoms with Gasteiger partial charge in [0.25, 0.3) is 0 Å². The fourth-order valence-electron chi connectivity index (χ4n) is 3.01. The summed E-state index contributed by atoms with van der Waals surface area (Å²) in [4.78, 5) is 25.4. The molecular weight excluding hydrogens is 404 g/mol. The van der Waals surface area contributed by atoms with Crippen molar-refractivity contribution in [3.05, 3.63) is 59.7 Å². The van der Waals surface area contributed by atoms with Crippen molar-refractivity contribution in [1.29, 1.82) is 0 Å². The zero-order valence-corrected chi connectivity index (χ0v) is 17.5. The van der Waals surface area contributed by atoms with E-state index in [1.54, 1.807) is 38.1 Å². The van der Waals surface area contributed by atoms with E-state index >= 15 is 0 Å². The Balaban J connectivity index is 2.15. The summed E-state index contributed by atoms with van der Waals surface area (Å²) in [5.74, 6) is -1.78. The number of carbonyl (C=O) groups is 2. The Morgan fingerprint density at radius 1 is 0.742 bits per heavy atom. The molecule has 0 heterocycles. The number of rotatable bonds is 10. The molecule has 0 bridgehead atoms. The number of ether oxygens (including phenoxy) is 1. The fourth-order valence-corrected chi connectivity index (χ4v) is 3.01. The predicted octanol–water partition coefficient (Wildman–Crippen LogP) is 2.11. The summed E-state index contributed by atoms with van der Waals surface area (Å²) in [5, 5.41) is 40.7. The molecule has 9 nitrogen and oxygen atoms in total.